The van der Waals surface area contributed by atoms with Gasteiger partial charge in [0.2, 0.25) is 0 Å². The number of para-hydroxylation sites is 1. The molecular formula is C17H29NO2. The van der Waals surface area contributed by atoms with Crippen molar-refractivity contribution in [2.45, 2.75) is 39.5 Å². The Bertz CT molecular complexity index is 371. The van der Waals surface area contributed by atoms with Crippen molar-refractivity contribution in [2.75, 3.05) is 32.9 Å². The molecule has 0 aliphatic heterocycles. The number of rotatable bonds is 9. The van der Waals surface area contributed by atoms with Gasteiger partial charge in [-0.05, 0) is 36.9 Å². The minimum atomic E-state index is 0.113. The van der Waals surface area contributed by atoms with Crippen molar-refractivity contribution in [3.8, 4) is 5.75 Å². The van der Waals surface area contributed by atoms with Crippen LogP contribution in [0.15, 0.2) is 24.3 Å². The van der Waals surface area contributed by atoms with Crippen LogP contribution in [0.25, 0.3) is 0 Å². The zero-order valence-electron chi connectivity index (χ0n) is 13.4. The van der Waals surface area contributed by atoms with Crippen LogP contribution in [0.3, 0.4) is 0 Å². The molecule has 114 valence electrons. The van der Waals surface area contributed by atoms with Crippen LogP contribution in [0.4, 0.5) is 0 Å². The Morgan fingerprint density at radius 3 is 2.50 bits per heavy atom. The Morgan fingerprint density at radius 2 is 1.80 bits per heavy atom. The summed E-state index contributed by atoms with van der Waals surface area (Å²) in [7, 11) is 0. The molecule has 0 unspecified atom stereocenters. The predicted molar refractivity (Wildman–Crippen MR) is 84.6 cm³/mol. The van der Waals surface area contributed by atoms with Gasteiger partial charge in [-0.1, -0.05) is 39.0 Å². The van der Waals surface area contributed by atoms with Crippen molar-refractivity contribution < 1.29 is 9.47 Å². The number of hydrogen-bond donors (Lipinski definition) is 1. The molecule has 0 spiro atoms. The molecule has 0 saturated carbocycles. The smallest absolute Gasteiger partial charge is 0.123 e. The van der Waals surface area contributed by atoms with Crippen molar-refractivity contribution in [1.29, 1.82) is 0 Å². The van der Waals surface area contributed by atoms with Crippen molar-refractivity contribution in [2.24, 2.45) is 0 Å². The third-order valence-electron chi connectivity index (χ3n) is 3.08. The van der Waals surface area contributed by atoms with Gasteiger partial charge in [0.05, 0.1) is 0 Å². The lowest BCUT2D eigenvalue weighted by Gasteiger charge is -2.22. The van der Waals surface area contributed by atoms with E-state index in [1.54, 1.807) is 0 Å². The molecule has 0 aromatic heterocycles. The molecule has 1 aromatic rings. The highest BCUT2D eigenvalue weighted by Crippen LogP contribution is 2.30. The maximum Gasteiger partial charge on any atom is 0.123 e. The van der Waals surface area contributed by atoms with Crippen molar-refractivity contribution in [3.05, 3.63) is 29.8 Å². The van der Waals surface area contributed by atoms with E-state index in [1.165, 1.54) is 5.56 Å². The Hall–Kier alpha value is -1.06. The first kappa shape index (κ1) is 17.0. The van der Waals surface area contributed by atoms with E-state index in [9.17, 15) is 0 Å². The fourth-order valence-electron chi connectivity index (χ4n) is 2.01. The normalized spacial score (nSPS) is 11.6. The molecule has 0 radical (unpaired) electrons. The molecule has 0 bridgehead atoms. The lowest BCUT2D eigenvalue weighted by molar-refractivity contribution is 0.144. The fourth-order valence-corrected chi connectivity index (χ4v) is 2.01. The van der Waals surface area contributed by atoms with Gasteiger partial charge in [-0.2, -0.15) is 0 Å². The third-order valence-corrected chi connectivity index (χ3v) is 3.08. The molecule has 0 fully saturated rings. The van der Waals surface area contributed by atoms with Gasteiger partial charge < -0.3 is 14.8 Å². The first-order valence-corrected chi connectivity index (χ1v) is 7.56. The van der Waals surface area contributed by atoms with Gasteiger partial charge in [-0.3, -0.25) is 0 Å². The topological polar surface area (TPSA) is 30.5 Å². The van der Waals surface area contributed by atoms with E-state index in [1.807, 2.05) is 13.0 Å². The molecule has 20 heavy (non-hydrogen) atoms. The summed E-state index contributed by atoms with van der Waals surface area (Å²) >= 11 is 0. The standard InChI is InChI=1S/C17H29NO2/c1-5-19-13-8-11-18-12-14-20-16-10-7-6-9-15(16)17(2,3)4/h6-7,9-10,18H,5,8,11-14H2,1-4H3. The predicted octanol–water partition coefficient (Wildman–Crippen LogP) is 3.38. The van der Waals surface area contributed by atoms with Crippen LogP contribution >= 0.6 is 0 Å². The second-order valence-electron chi connectivity index (χ2n) is 5.90. The van der Waals surface area contributed by atoms with Gasteiger partial charge >= 0.3 is 0 Å². The molecule has 3 nitrogen and oxygen atoms in total. The zero-order chi connectivity index (χ0) is 14.8. The largest absolute Gasteiger partial charge is 0.492 e. The average Bonchev–Trinajstić information content (AvgIpc) is 2.41. The van der Waals surface area contributed by atoms with Gasteiger partial charge in [0.25, 0.3) is 0 Å². The molecule has 0 aliphatic carbocycles. The molecule has 0 heterocycles. The maximum atomic E-state index is 5.90. The van der Waals surface area contributed by atoms with Crippen LogP contribution < -0.4 is 10.1 Å². The van der Waals surface area contributed by atoms with Gasteiger partial charge in [-0.25, -0.2) is 0 Å². The van der Waals surface area contributed by atoms with Crippen molar-refractivity contribution >= 4 is 0 Å². The monoisotopic (exact) mass is 279 g/mol. The highest BCUT2D eigenvalue weighted by Gasteiger charge is 2.17. The van der Waals surface area contributed by atoms with E-state index in [0.29, 0.717) is 6.61 Å². The van der Waals surface area contributed by atoms with Crippen LogP contribution in [-0.2, 0) is 10.2 Å². The van der Waals surface area contributed by atoms with Crippen LogP contribution in [0, 0.1) is 0 Å². The summed E-state index contributed by atoms with van der Waals surface area (Å²) in [6.07, 6.45) is 1.05. The first-order chi connectivity index (χ1) is 9.55. The second-order valence-corrected chi connectivity index (χ2v) is 5.90. The quantitative estimate of drug-likeness (QED) is 0.703. The Kier molecular flexibility index (Phi) is 7.63. The van der Waals surface area contributed by atoms with Crippen LogP contribution in [0.5, 0.6) is 5.75 Å². The molecule has 3 heteroatoms. The molecule has 0 amide bonds. The highest BCUT2D eigenvalue weighted by molar-refractivity contribution is 5.38. The van der Waals surface area contributed by atoms with Gasteiger partial charge in [0.15, 0.2) is 0 Å². The SMILES string of the molecule is CCOCCCNCCOc1ccccc1C(C)(C)C. The van der Waals surface area contributed by atoms with E-state index < -0.39 is 0 Å². The van der Waals surface area contributed by atoms with Gasteiger partial charge in [0, 0.05) is 19.8 Å². The summed E-state index contributed by atoms with van der Waals surface area (Å²) in [4.78, 5) is 0. The minimum Gasteiger partial charge on any atom is -0.492 e. The van der Waals surface area contributed by atoms with E-state index >= 15 is 0 Å². The van der Waals surface area contributed by atoms with Gasteiger partial charge in [-0.15, -0.1) is 0 Å². The Morgan fingerprint density at radius 1 is 1.05 bits per heavy atom. The maximum absolute atomic E-state index is 5.90. The summed E-state index contributed by atoms with van der Waals surface area (Å²) in [5, 5.41) is 3.37. The van der Waals surface area contributed by atoms with E-state index in [-0.39, 0.29) is 5.41 Å². The first-order valence-electron chi connectivity index (χ1n) is 7.56. The number of benzene rings is 1. The molecule has 1 aromatic carbocycles. The fraction of sp³-hybridized carbons (Fsp3) is 0.647. The third kappa shape index (κ3) is 6.40. The Balaban J connectivity index is 2.26. The van der Waals surface area contributed by atoms with Crippen LogP contribution in [0.1, 0.15) is 39.7 Å². The second kappa shape index (κ2) is 8.98. The minimum absolute atomic E-state index is 0.113. The summed E-state index contributed by atoms with van der Waals surface area (Å²) in [5.74, 6) is 0.996. The summed E-state index contributed by atoms with van der Waals surface area (Å²) in [5.41, 5.74) is 1.37. The molecular weight excluding hydrogens is 250 g/mol. The molecule has 1 N–H and O–H groups in total. The number of ether oxygens (including phenoxy) is 2. The summed E-state index contributed by atoms with van der Waals surface area (Å²) in [6, 6.07) is 8.29. The lowest BCUT2D eigenvalue weighted by Crippen LogP contribution is -2.23. The molecule has 1 rings (SSSR count). The Labute approximate surface area is 123 Å². The summed E-state index contributed by atoms with van der Waals surface area (Å²) < 4.78 is 11.2. The van der Waals surface area contributed by atoms with Gasteiger partial charge in [0.1, 0.15) is 12.4 Å². The number of hydrogen-bond acceptors (Lipinski definition) is 3. The van der Waals surface area contributed by atoms with E-state index in [4.69, 9.17) is 9.47 Å². The lowest BCUT2D eigenvalue weighted by atomic mass is 9.86. The van der Waals surface area contributed by atoms with E-state index in [0.717, 1.165) is 38.5 Å². The number of nitrogens with one attached hydrogen (secondary N) is 1. The zero-order valence-corrected chi connectivity index (χ0v) is 13.4. The molecule has 0 saturated heterocycles. The van der Waals surface area contributed by atoms with Crippen LogP contribution in [0.2, 0.25) is 0 Å². The summed E-state index contributed by atoms with van der Waals surface area (Å²) in [6.45, 7) is 12.8. The molecule has 0 aliphatic rings. The van der Waals surface area contributed by atoms with E-state index in [2.05, 4.69) is 44.3 Å². The van der Waals surface area contributed by atoms with Crippen LogP contribution in [-0.4, -0.2) is 32.9 Å². The van der Waals surface area contributed by atoms with Crippen molar-refractivity contribution in [3.63, 3.8) is 0 Å². The highest BCUT2D eigenvalue weighted by atomic mass is 16.5. The molecule has 0 atom stereocenters. The van der Waals surface area contributed by atoms with Crippen molar-refractivity contribution in [1.82, 2.24) is 5.32 Å². The average molecular weight is 279 g/mol.